The van der Waals surface area contributed by atoms with Crippen molar-refractivity contribution in [3.63, 3.8) is 0 Å². The fourth-order valence-corrected chi connectivity index (χ4v) is 2.08. The average molecular weight is 297 g/mol. The summed E-state index contributed by atoms with van der Waals surface area (Å²) in [6, 6.07) is 9.11. The zero-order chi connectivity index (χ0) is 14.7. The van der Waals surface area contributed by atoms with E-state index in [1.54, 1.807) is 24.3 Å². The highest BCUT2D eigenvalue weighted by Crippen LogP contribution is 2.32. The number of methoxy groups -OCH3 is 2. The lowest BCUT2D eigenvalue weighted by molar-refractivity contribution is 0.214. The van der Waals surface area contributed by atoms with Crippen LogP contribution in [0.1, 0.15) is 17.2 Å². The molecule has 1 unspecified atom stereocenters. The third kappa shape index (κ3) is 2.86. The number of hydrogen-bond acceptors (Lipinski definition) is 3. The minimum absolute atomic E-state index is 0.162. The van der Waals surface area contributed by atoms with Crippen LogP contribution in [0.25, 0.3) is 0 Å². The molecule has 0 aromatic heterocycles. The third-order valence-corrected chi connectivity index (χ3v) is 3.31. The molecular weight excluding hydrogens is 283 g/mol. The first-order valence-electron chi connectivity index (χ1n) is 5.91. The van der Waals surface area contributed by atoms with E-state index in [0.29, 0.717) is 22.1 Å². The molecule has 5 heteroatoms. The molecule has 106 valence electrons. The van der Waals surface area contributed by atoms with Gasteiger partial charge in [-0.05, 0) is 29.8 Å². The summed E-state index contributed by atoms with van der Waals surface area (Å²) in [4.78, 5) is 0. The van der Waals surface area contributed by atoms with Crippen LogP contribution in [-0.2, 0) is 0 Å². The summed E-state index contributed by atoms with van der Waals surface area (Å²) in [5.41, 5.74) is 0.658. The van der Waals surface area contributed by atoms with Crippen molar-refractivity contribution in [2.75, 3.05) is 14.2 Å². The molecule has 0 aliphatic rings. The first-order valence-corrected chi connectivity index (χ1v) is 6.29. The highest BCUT2D eigenvalue weighted by atomic mass is 35.5. The maximum atomic E-state index is 13.9. The van der Waals surface area contributed by atoms with Gasteiger partial charge in [-0.2, -0.15) is 0 Å². The topological polar surface area (TPSA) is 38.7 Å². The van der Waals surface area contributed by atoms with E-state index < -0.39 is 11.9 Å². The summed E-state index contributed by atoms with van der Waals surface area (Å²) in [6.45, 7) is 0. The monoisotopic (exact) mass is 296 g/mol. The van der Waals surface area contributed by atoms with Gasteiger partial charge in [0.2, 0.25) is 0 Å². The van der Waals surface area contributed by atoms with Gasteiger partial charge in [0, 0.05) is 11.6 Å². The quantitative estimate of drug-likeness (QED) is 0.937. The average Bonchev–Trinajstić information content (AvgIpc) is 2.47. The summed E-state index contributed by atoms with van der Waals surface area (Å²) < 4.78 is 23.9. The van der Waals surface area contributed by atoms with Crippen molar-refractivity contribution in [1.29, 1.82) is 0 Å². The maximum absolute atomic E-state index is 13.9. The molecule has 0 bridgehead atoms. The molecule has 0 radical (unpaired) electrons. The van der Waals surface area contributed by atoms with Crippen molar-refractivity contribution in [1.82, 2.24) is 0 Å². The molecule has 2 aromatic rings. The molecular formula is C15H14ClFO3. The van der Waals surface area contributed by atoms with Crippen molar-refractivity contribution >= 4 is 11.6 Å². The molecule has 20 heavy (non-hydrogen) atoms. The molecule has 0 fully saturated rings. The Hall–Kier alpha value is -1.78. The van der Waals surface area contributed by atoms with Crippen LogP contribution in [0.3, 0.4) is 0 Å². The fourth-order valence-electron chi connectivity index (χ4n) is 1.88. The lowest BCUT2D eigenvalue weighted by atomic mass is 10.0. The van der Waals surface area contributed by atoms with E-state index in [-0.39, 0.29) is 5.56 Å². The second-order valence-electron chi connectivity index (χ2n) is 4.18. The normalized spacial score (nSPS) is 12.1. The van der Waals surface area contributed by atoms with E-state index in [1.165, 1.54) is 26.4 Å². The Morgan fingerprint density at radius 2 is 1.85 bits per heavy atom. The van der Waals surface area contributed by atoms with Crippen molar-refractivity contribution < 1.29 is 19.0 Å². The van der Waals surface area contributed by atoms with Crippen LogP contribution in [-0.4, -0.2) is 19.3 Å². The van der Waals surface area contributed by atoms with Crippen molar-refractivity contribution in [2.45, 2.75) is 6.10 Å². The first kappa shape index (κ1) is 14.6. The maximum Gasteiger partial charge on any atom is 0.137 e. The van der Waals surface area contributed by atoms with Gasteiger partial charge in [0.1, 0.15) is 23.4 Å². The van der Waals surface area contributed by atoms with Gasteiger partial charge in [-0.15, -0.1) is 0 Å². The third-order valence-electron chi connectivity index (χ3n) is 2.99. The Morgan fingerprint density at radius 3 is 2.45 bits per heavy atom. The lowest BCUT2D eigenvalue weighted by Crippen LogP contribution is -2.03. The summed E-state index contributed by atoms with van der Waals surface area (Å²) in [5.74, 6) is 0.287. The molecule has 3 nitrogen and oxygen atoms in total. The Labute approximate surface area is 121 Å². The van der Waals surface area contributed by atoms with Crippen LogP contribution in [0.2, 0.25) is 5.02 Å². The van der Waals surface area contributed by atoms with Crippen molar-refractivity contribution in [3.8, 4) is 11.5 Å². The highest BCUT2D eigenvalue weighted by molar-refractivity contribution is 6.32. The largest absolute Gasteiger partial charge is 0.497 e. The van der Waals surface area contributed by atoms with Gasteiger partial charge in [0.05, 0.1) is 19.2 Å². The second-order valence-corrected chi connectivity index (χ2v) is 4.59. The van der Waals surface area contributed by atoms with Crippen molar-refractivity contribution in [3.05, 3.63) is 58.4 Å². The Kier molecular flexibility index (Phi) is 4.47. The molecule has 0 saturated heterocycles. The predicted octanol–water partition coefficient (Wildman–Crippen LogP) is 3.58. The number of aliphatic hydroxyl groups excluding tert-OH is 1. The van der Waals surface area contributed by atoms with Gasteiger partial charge in [-0.1, -0.05) is 17.7 Å². The molecule has 0 saturated carbocycles. The molecule has 2 rings (SSSR count). The zero-order valence-corrected chi connectivity index (χ0v) is 11.8. The van der Waals surface area contributed by atoms with Gasteiger partial charge in [0.25, 0.3) is 0 Å². The van der Waals surface area contributed by atoms with Crippen LogP contribution < -0.4 is 9.47 Å². The first-order chi connectivity index (χ1) is 9.56. The van der Waals surface area contributed by atoms with Crippen LogP contribution in [0.15, 0.2) is 36.4 Å². The number of hydrogen-bond donors (Lipinski definition) is 1. The van der Waals surface area contributed by atoms with Gasteiger partial charge in [-0.25, -0.2) is 4.39 Å². The minimum Gasteiger partial charge on any atom is -0.497 e. The summed E-state index contributed by atoms with van der Waals surface area (Å²) in [7, 11) is 2.93. The van der Waals surface area contributed by atoms with Gasteiger partial charge in [0.15, 0.2) is 0 Å². The number of rotatable bonds is 4. The fraction of sp³-hybridized carbons (Fsp3) is 0.200. The SMILES string of the molecule is COc1ccc(C(O)c2ccc(Cl)c(OC)c2)c(F)c1. The molecule has 1 N–H and O–H groups in total. The number of benzene rings is 2. The Morgan fingerprint density at radius 1 is 1.10 bits per heavy atom. The molecule has 0 spiro atoms. The summed E-state index contributed by atoms with van der Waals surface area (Å²) >= 11 is 5.92. The van der Waals surface area contributed by atoms with Gasteiger partial charge < -0.3 is 14.6 Å². The molecule has 0 amide bonds. The predicted molar refractivity (Wildman–Crippen MR) is 75.0 cm³/mol. The molecule has 0 aliphatic carbocycles. The van der Waals surface area contributed by atoms with Crippen LogP contribution in [0, 0.1) is 5.82 Å². The van der Waals surface area contributed by atoms with Crippen LogP contribution in [0.4, 0.5) is 4.39 Å². The van der Waals surface area contributed by atoms with E-state index in [2.05, 4.69) is 0 Å². The molecule has 1 atom stereocenters. The van der Waals surface area contributed by atoms with Gasteiger partial charge >= 0.3 is 0 Å². The number of aliphatic hydroxyl groups is 1. The van der Waals surface area contributed by atoms with Gasteiger partial charge in [-0.3, -0.25) is 0 Å². The van der Waals surface area contributed by atoms with E-state index in [4.69, 9.17) is 21.1 Å². The van der Waals surface area contributed by atoms with Crippen molar-refractivity contribution in [2.24, 2.45) is 0 Å². The van der Waals surface area contributed by atoms with E-state index in [0.717, 1.165) is 0 Å². The van der Waals surface area contributed by atoms with Crippen LogP contribution >= 0.6 is 11.6 Å². The minimum atomic E-state index is -1.10. The molecule has 2 aromatic carbocycles. The highest BCUT2D eigenvalue weighted by Gasteiger charge is 2.17. The Bertz CT molecular complexity index is 616. The van der Waals surface area contributed by atoms with E-state index in [9.17, 15) is 9.50 Å². The smallest absolute Gasteiger partial charge is 0.137 e. The molecule has 0 heterocycles. The summed E-state index contributed by atoms with van der Waals surface area (Å²) in [5, 5.41) is 10.7. The zero-order valence-electron chi connectivity index (χ0n) is 11.1. The molecule has 0 aliphatic heterocycles. The Balaban J connectivity index is 2.38. The number of ether oxygens (including phenoxy) is 2. The summed E-state index contributed by atoms with van der Waals surface area (Å²) in [6.07, 6.45) is -1.10. The number of halogens is 2. The van der Waals surface area contributed by atoms with E-state index in [1.807, 2.05) is 0 Å². The van der Waals surface area contributed by atoms with E-state index >= 15 is 0 Å². The second kappa shape index (κ2) is 6.11. The standard InChI is InChI=1S/C15H14ClFO3/c1-19-10-4-5-11(13(17)8-10)15(18)9-3-6-12(16)14(7-9)20-2/h3-8,15,18H,1-2H3. The lowest BCUT2D eigenvalue weighted by Gasteiger charge is -2.14. The van der Waals surface area contributed by atoms with Crippen LogP contribution in [0.5, 0.6) is 11.5 Å².